The molecule has 0 fully saturated rings. The third kappa shape index (κ3) is 1.62. The summed E-state index contributed by atoms with van der Waals surface area (Å²) < 4.78 is 0. The molecule has 1 atom stereocenters. The minimum Gasteiger partial charge on any atom is -0.198 e. The topological polar surface area (TPSA) is 23.8 Å². The molecule has 3 aromatic rings. The second-order valence-corrected chi connectivity index (χ2v) is 5.65. The van der Waals surface area contributed by atoms with Crippen molar-refractivity contribution in [1.29, 1.82) is 5.26 Å². The van der Waals surface area contributed by atoms with Crippen LogP contribution in [0.1, 0.15) is 17.5 Å². The molecule has 0 saturated carbocycles. The van der Waals surface area contributed by atoms with E-state index in [0.29, 0.717) is 0 Å². The maximum atomic E-state index is 9.21. The lowest BCUT2D eigenvalue weighted by Crippen LogP contribution is -2.12. The molecule has 3 aromatic carbocycles. The number of fused-ring (bicyclic) bond motifs is 5. The maximum absolute atomic E-state index is 9.21. The van der Waals surface area contributed by atoms with Crippen molar-refractivity contribution in [3.8, 4) is 6.07 Å². The monoisotopic (exact) mass is 257 g/mol. The molecule has 20 heavy (non-hydrogen) atoms. The number of benzene rings is 3. The number of rotatable bonds is 0. The van der Waals surface area contributed by atoms with Crippen LogP contribution in [0, 0.1) is 17.2 Å². The molecule has 1 aliphatic carbocycles. The van der Waals surface area contributed by atoms with Crippen molar-refractivity contribution in [1.82, 2.24) is 0 Å². The Bertz CT molecular complexity index is 855. The Morgan fingerprint density at radius 1 is 0.900 bits per heavy atom. The average Bonchev–Trinajstić information content (AvgIpc) is 2.53. The Hall–Kier alpha value is -2.33. The number of aryl methyl sites for hydroxylation is 1. The van der Waals surface area contributed by atoms with Gasteiger partial charge >= 0.3 is 0 Å². The van der Waals surface area contributed by atoms with Crippen LogP contribution in [0.2, 0.25) is 0 Å². The second kappa shape index (κ2) is 4.35. The van der Waals surface area contributed by atoms with Crippen molar-refractivity contribution in [3.63, 3.8) is 0 Å². The Kier molecular flexibility index (Phi) is 2.50. The summed E-state index contributed by atoms with van der Waals surface area (Å²) in [5.74, 6) is 0.180. The molecule has 1 unspecified atom stereocenters. The molecule has 4 rings (SSSR count). The van der Waals surface area contributed by atoms with E-state index in [9.17, 15) is 5.26 Å². The molecule has 0 heterocycles. The molecule has 0 aromatic heterocycles. The number of hydrogen-bond acceptors (Lipinski definition) is 1. The van der Waals surface area contributed by atoms with E-state index >= 15 is 0 Å². The highest BCUT2D eigenvalue weighted by Gasteiger charge is 2.20. The quantitative estimate of drug-likeness (QED) is 0.539. The van der Waals surface area contributed by atoms with Crippen LogP contribution >= 0.6 is 0 Å². The predicted molar refractivity (Wildman–Crippen MR) is 82.6 cm³/mol. The van der Waals surface area contributed by atoms with Gasteiger partial charge in [-0.05, 0) is 51.9 Å². The lowest BCUT2D eigenvalue weighted by atomic mass is 9.81. The van der Waals surface area contributed by atoms with Crippen LogP contribution in [0.5, 0.6) is 0 Å². The summed E-state index contributed by atoms with van der Waals surface area (Å²) >= 11 is 0. The summed E-state index contributed by atoms with van der Waals surface area (Å²) in [6, 6.07) is 19.9. The van der Waals surface area contributed by atoms with E-state index in [1.807, 2.05) is 0 Å². The van der Waals surface area contributed by atoms with Crippen molar-refractivity contribution in [2.75, 3.05) is 0 Å². The summed E-state index contributed by atoms with van der Waals surface area (Å²) in [4.78, 5) is 0. The zero-order chi connectivity index (χ0) is 13.5. The molecule has 1 aliphatic rings. The van der Waals surface area contributed by atoms with E-state index in [4.69, 9.17) is 0 Å². The molecule has 0 radical (unpaired) electrons. The standard InChI is InChI=1S/C19H15N/c20-12-13-5-6-15-8-9-17-16-4-2-1-3-14(16)7-10-18(17)19(15)11-13/h1-4,7-10,13H,5-6,11H2. The first kappa shape index (κ1) is 11.5. The zero-order valence-electron chi connectivity index (χ0n) is 11.3. The Morgan fingerprint density at radius 2 is 1.75 bits per heavy atom. The fourth-order valence-corrected chi connectivity index (χ4v) is 3.46. The van der Waals surface area contributed by atoms with Crippen LogP contribution in [-0.4, -0.2) is 0 Å². The van der Waals surface area contributed by atoms with Crippen molar-refractivity contribution < 1.29 is 0 Å². The Labute approximate surface area is 118 Å². The average molecular weight is 257 g/mol. The SMILES string of the molecule is N#CC1CCc2ccc3c(ccc4ccccc43)c2C1. The largest absolute Gasteiger partial charge is 0.198 e. The van der Waals surface area contributed by atoms with Crippen LogP contribution in [0.3, 0.4) is 0 Å². The molecule has 1 nitrogen and oxygen atoms in total. The normalized spacial score (nSPS) is 17.9. The molecular formula is C19H15N. The minimum absolute atomic E-state index is 0.180. The molecule has 0 N–H and O–H groups in total. The van der Waals surface area contributed by atoms with Gasteiger partial charge in [-0.15, -0.1) is 0 Å². The fourth-order valence-electron chi connectivity index (χ4n) is 3.46. The molecule has 0 aliphatic heterocycles. The zero-order valence-corrected chi connectivity index (χ0v) is 11.3. The third-order valence-electron chi connectivity index (χ3n) is 4.53. The van der Waals surface area contributed by atoms with E-state index in [1.54, 1.807) is 0 Å². The van der Waals surface area contributed by atoms with E-state index in [1.165, 1.54) is 32.7 Å². The molecule has 0 spiro atoms. The minimum atomic E-state index is 0.180. The highest BCUT2D eigenvalue weighted by molar-refractivity contribution is 6.08. The van der Waals surface area contributed by atoms with Gasteiger partial charge in [0.25, 0.3) is 0 Å². The van der Waals surface area contributed by atoms with Gasteiger partial charge in [-0.2, -0.15) is 5.26 Å². The van der Waals surface area contributed by atoms with E-state index < -0.39 is 0 Å². The van der Waals surface area contributed by atoms with Crippen molar-refractivity contribution in [2.24, 2.45) is 5.92 Å². The van der Waals surface area contributed by atoms with Gasteiger partial charge < -0.3 is 0 Å². The molecule has 1 heteroatoms. The van der Waals surface area contributed by atoms with Crippen molar-refractivity contribution in [2.45, 2.75) is 19.3 Å². The molecular weight excluding hydrogens is 242 g/mol. The molecule has 96 valence electrons. The molecule has 0 bridgehead atoms. The van der Waals surface area contributed by atoms with Crippen LogP contribution in [-0.2, 0) is 12.8 Å². The number of nitrogens with zero attached hydrogens (tertiary/aromatic N) is 1. The highest BCUT2D eigenvalue weighted by atomic mass is 14.3. The van der Waals surface area contributed by atoms with Gasteiger partial charge in [0.2, 0.25) is 0 Å². The number of nitriles is 1. The van der Waals surface area contributed by atoms with Crippen LogP contribution in [0.4, 0.5) is 0 Å². The van der Waals surface area contributed by atoms with Gasteiger partial charge in [-0.25, -0.2) is 0 Å². The first-order valence-electron chi connectivity index (χ1n) is 7.18. The predicted octanol–water partition coefficient (Wildman–Crippen LogP) is 4.62. The summed E-state index contributed by atoms with van der Waals surface area (Å²) in [5.41, 5.74) is 2.82. The third-order valence-corrected chi connectivity index (χ3v) is 4.53. The van der Waals surface area contributed by atoms with Gasteiger partial charge in [-0.1, -0.05) is 48.5 Å². The van der Waals surface area contributed by atoms with Gasteiger partial charge in [-0.3, -0.25) is 0 Å². The Balaban J connectivity index is 2.05. The maximum Gasteiger partial charge on any atom is 0.0659 e. The summed E-state index contributed by atoms with van der Waals surface area (Å²) in [7, 11) is 0. The number of hydrogen-bond donors (Lipinski definition) is 0. The summed E-state index contributed by atoms with van der Waals surface area (Å²) in [6.07, 6.45) is 2.94. The van der Waals surface area contributed by atoms with Gasteiger partial charge in [0.15, 0.2) is 0 Å². The highest BCUT2D eigenvalue weighted by Crippen LogP contribution is 2.34. The van der Waals surface area contributed by atoms with E-state index in [-0.39, 0.29) is 5.92 Å². The smallest absolute Gasteiger partial charge is 0.0659 e. The van der Waals surface area contributed by atoms with Gasteiger partial charge in [0.1, 0.15) is 0 Å². The van der Waals surface area contributed by atoms with Crippen LogP contribution in [0.15, 0.2) is 48.5 Å². The van der Waals surface area contributed by atoms with Crippen LogP contribution < -0.4 is 0 Å². The summed E-state index contributed by atoms with van der Waals surface area (Å²) in [6.45, 7) is 0. The second-order valence-electron chi connectivity index (χ2n) is 5.65. The first-order chi connectivity index (χ1) is 9.86. The van der Waals surface area contributed by atoms with Crippen molar-refractivity contribution >= 4 is 21.5 Å². The Morgan fingerprint density at radius 3 is 2.65 bits per heavy atom. The lowest BCUT2D eigenvalue weighted by molar-refractivity contribution is 0.568. The van der Waals surface area contributed by atoms with E-state index in [0.717, 1.165) is 19.3 Å². The van der Waals surface area contributed by atoms with Crippen molar-refractivity contribution in [3.05, 3.63) is 59.7 Å². The van der Waals surface area contributed by atoms with E-state index in [2.05, 4.69) is 54.6 Å². The lowest BCUT2D eigenvalue weighted by Gasteiger charge is -2.22. The molecule has 0 amide bonds. The van der Waals surface area contributed by atoms with Gasteiger partial charge in [0.05, 0.1) is 12.0 Å². The first-order valence-corrected chi connectivity index (χ1v) is 7.18. The van der Waals surface area contributed by atoms with Crippen LogP contribution in [0.25, 0.3) is 21.5 Å². The molecule has 0 saturated heterocycles. The fraction of sp³-hybridized carbons (Fsp3) is 0.211. The van der Waals surface area contributed by atoms with Gasteiger partial charge in [0, 0.05) is 0 Å². The summed E-state index contributed by atoms with van der Waals surface area (Å²) in [5, 5.41) is 14.5.